The van der Waals surface area contributed by atoms with Gasteiger partial charge in [0.15, 0.2) is 5.54 Å². The van der Waals surface area contributed by atoms with Crippen LogP contribution in [0.2, 0.25) is 0 Å². The summed E-state index contributed by atoms with van der Waals surface area (Å²) in [5.74, 6) is -1.32. The molecule has 1 saturated heterocycles. The number of carbonyl (C=O) groups excluding carboxylic acids is 3. The lowest BCUT2D eigenvalue weighted by Crippen LogP contribution is -2.48. The number of alkyl halides is 3. The van der Waals surface area contributed by atoms with Crippen LogP contribution >= 0.6 is 0 Å². The Morgan fingerprint density at radius 2 is 2.04 bits per heavy atom. The second-order valence-corrected chi connectivity index (χ2v) is 5.71. The summed E-state index contributed by atoms with van der Waals surface area (Å²) in [5, 5.41) is 4.20. The Morgan fingerprint density at radius 3 is 2.76 bits per heavy atom. The molecule has 7 nitrogen and oxygen atoms in total. The van der Waals surface area contributed by atoms with Crippen LogP contribution in [0.4, 0.5) is 18.0 Å². The second kappa shape index (κ2) is 5.94. The Hall–Kier alpha value is -2.78. The van der Waals surface area contributed by atoms with E-state index >= 15 is 0 Å². The molecule has 1 atom stereocenters. The summed E-state index contributed by atoms with van der Waals surface area (Å²) < 4.78 is 41.9. The molecule has 2 aliphatic rings. The van der Waals surface area contributed by atoms with E-state index < -0.39 is 42.7 Å². The summed E-state index contributed by atoms with van der Waals surface area (Å²) >= 11 is 0. The molecular formula is C15H14F3N3O4. The Kier molecular flexibility index (Phi) is 4.05. The van der Waals surface area contributed by atoms with E-state index in [4.69, 9.17) is 4.74 Å². The Bertz CT molecular complexity index is 737. The highest BCUT2D eigenvalue weighted by molar-refractivity contribution is 6.09. The van der Waals surface area contributed by atoms with Crippen molar-refractivity contribution in [2.75, 3.05) is 19.7 Å². The number of hydrogen-bond donors (Lipinski definition) is 2. The maximum Gasteiger partial charge on any atom is 0.405 e. The lowest BCUT2D eigenvalue weighted by molar-refractivity contribution is -0.141. The maximum absolute atomic E-state index is 12.8. The van der Waals surface area contributed by atoms with Crippen LogP contribution in [0.25, 0.3) is 0 Å². The molecule has 2 N–H and O–H groups in total. The minimum atomic E-state index is -4.58. The van der Waals surface area contributed by atoms with Crippen molar-refractivity contribution in [3.63, 3.8) is 0 Å². The first-order valence-corrected chi connectivity index (χ1v) is 7.43. The number of para-hydroxylation sites is 1. The summed E-state index contributed by atoms with van der Waals surface area (Å²) in [6, 6.07) is 5.83. The molecule has 25 heavy (non-hydrogen) atoms. The molecule has 3 rings (SSSR count). The lowest BCUT2D eigenvalue weighted by atomic mass is 9.84. The average Bonchev–Trinajstić information content (AvgIpc) is 2.78. The van der Waals surface area contributed by atoms with Crippen molar-refractivity contribution in [3.8, 4) is 5.75 Å². The highest BCUT2D eigenvalue weighted by atomic mass is 19.4. The van der Waals surface area contributed by atoms with Crippen LogP contribution in [0.15, 0.2) is 24.3 Å². The van der Waals surface area contributed by atoms with Gasteiger partial charge in [0.25, 0.3) is 5.91 Å². The molecule has 4 amide bonds. The lowest BCUT2D eigenvalue weighted by Gasteiger charge is -2.33. The van der Waals surface area contributed by atoms with Gasteiger partial charge in [-0.15, -0.1) is 0 Å². The standard InChI is InChI=1S/C15H14F3N3O4/c16-15(17,18)8-19-11(22)7-21-12(23)14(20-13(21)24)5-6-25-10-4-2-1-3-9(10)14/h1-4H,5-8H2,(H,19,22)(H,20,24)/t14-/m0/s1. The van der Waals surface area contributed by atoms with Crippen LogP contribution in [0.5, 0.6) is 5.75 Å². The van der Waals surface area contributed by atoms with Crippen LogP contribution in [-0.4, -0.2) is 48.6 Å². The van der Waals surface area contributed by atoms with E-state index in [1.807, 2.05) is 0 Å². The minimum absolute atomic E-state index is 0.162. The van der Waals surface area contributed by atoms with Crippen molar-refractivity contribution in [2.45, 2.75) is 18.1 Å². The number of halogens is 3. The first kappa shape index (κ1) is 17.1. The van der Waals surface area contributed by atoms with Gasteiger partial charge in [0, 0.05) is 12.0 Å². The molecule has 2 heterocycles. The highest BCUT2D eigenvalue weighted by Gasteiger charge is 2.55. The first-order valence-electron chi connectivity index (χ1n) is 7.43. The van der Waals surface area contributed by atoms with Gasteiger partial charge in [0.05, 0.1) is 6.61 Å². The Labute approximate surface area is 140 Å². The number of rotatable bonds is 3. The van der Waals surface area contributed by atoms with Crippen LogP contribution in [-0.2, 0) is 15.1 Å². The molecule has 0 unspecified atom stereocenters. The van der Waals surface area contributed by atoms with Crippen molar-refractivity contribution < 1.29 is 32.3 Å². The number of carbonyl (C=O) groups is 3. The van der Waals surface area contributed by atoms with Crippen LogP contribution in [0.3, 0.4) is 0 Å². The van der Waals surface area contributed by atoms with Gasteiger partial charge < -0.3 is 15.4 Å². The number of nitrogens with one attached hydrogen (secondary N) is 2. The fraction of sp³-hybridized carbons (Fsp3) is 0.400. The molecule has 1 spiro atoms. The number of urea groups is 1. The summed E-state index contributed by atoms with van der Waals surface area (Å²) in [6.07, 6.45) is -4.41. The predicted molar refractivity (Wildman–Crippen MR) is 77.5 cm³/mol. The molecule has 134 valence electrons. The van der Waals surface area contributed by atoms with E-state index in [0.29, 0.717) is 16.2 Å². The van der Waals surface area contributed by atoms with Crippen molar-refractivity contribution in [1.29, 1.82) is 0 Å². The zero-order chi connectivity index (χ0) is 18.2. The molecule has 0 saturated carbocycles. The fourth-order valence-corrected chi connectivity index (χ4v) is 2.91. The third-order valence-electron chi connectivity index (χ3n) is 4.04. The molecule has 0 bridgehead atoms. The molecule has 1 fully saturated rings. The van der Waals surface area contributed by atoms with E-state index in [2.05, 4.69) is 5.32 Å². The summed E-state index contributed by atoms with van der Waals surface area (Å²) in [4.78, 5) is 37.2. The van der Waals surface area contributed by atoms with E-state index in [1.54, 1.807) is 29.6 Å². The van der Waals surface area contributed by atoms with Gasteiger partial charge in [0.2, 0.25) is 5.91 Å². The van der Waals surface area contributed by atoms with Crippen molar-refractivity contribution >= 4 is 17.8 Å². The fourth-order valence-electron chi connectivity index (χ4n) is 2.91. The van der Waals surface area contributed by atoms with Gasteiger partial charge in [-0.25, -0.2) is 4.79 Å². The van der Waals surface area contributed by atoms with Gasteiger partial charge in [-0.3, -0.25) is 14.5 Å². The monoisotopic (exact) mass is 357 g/mol. The Balaban J connectivity index is 1.79. The van der Waals surface area contributed by atoms with Gasteiger partial charge in [-0.1, -0.05) is 18.2 Å². The van der Waals surface area contributed by atoms with Gasteiger partial charge in [-0.2, -0.15) is 13.2 Å². The molecule has 0 aliphatic carbocycles. The smallest absolute Gasteiger partial charge is 0.405 e. The van der Waals surface area contributed by atoms with Crippen molar-refractivity contribution in [2.24, 2.45) is 0 Å². The average molecular weight is 357 g/mol. The van der Waals surface area contributed by atoms with E-state index in [0.717, 1.165) is 0 Å². The molecule has 2 aliphatic heterocycles. The zero-order valence-corrected chi connectivity index (χ0v) is 12.9. The molecule has 1 aromatic rings. The number of fused-ring (bicyclic) bond motifs is 2. The predicted octanol–water partition coefficient (Wildman–Crippen LogP) is 0.895. The normalized spacial score (nSPS) is 22.4. The number of ether oxygens (including phenoxy) is 1. The molecular weight excluding hydrogens is 343 g/mol. The number of imide groups is 1. The molecule has 1 aromatic carbocycles. The van der Waals surface area contributed by atoms with E-state index in [9.17, 15) is 27.6 Å². The van der Waals surface area contributed by atoms with E-state index in [1.165, 1.54) is 0 Å². The number of hydrogen-bond acceptors (Lipinski definition) is 4. The van der Waals surface area contributed by atoms with Gasteiger partial charge in [-0.05, 0) is 6.07 Å². The third kappa shape index (κ3) is 3.11. The van der Waals surface area contributed by atoms with Crippen molar-refractivity contribution in [3.05, 3.63) is 29.8 Å². The SMILES string of the molecule is O=C(CN1C(=O)N[C@]2(CCOc3ccccc32)C1=O)NCC(F)(F)F. The molecule has 0 radical (unpaired) electrons. The third-order valence-corrected chi connectivity index (χ3v) is 4.04. The number of amides is 4. The van der Waals surface area contributed by atoms with Gasteiger partial charge in [0.1, 0.15) is 18.8 Å². The largest absolute Gasteiger partial charge is 0.493 e. The Morgan fingerprint density at radius 1 is 1.32 bits per heavy atom. The topological polar surface area (TPSA) is 87.7 Å². The van der Waals surface area contributed by atoms with Gasteiger partial charge >= 0.3 is 12.2 Å². The minimum Gasteiger partial charge on any atom is -0.493 e. The summed E-state index contributed by atoms with van der Waals surface area (Å²) in [7, 11) is 0. The van der Waals surface area contributed by atoms with Crippen LogP contribution in [0.1, 0.15) is 12.0 Å². The molecule has 0 aromatic heterocycles. The highest BCUT2D eigenvalue weighted by Crippen LogP contribution is 2.40. The molecule has 10 heteroatoms. The second-order valence-electron chi connectivity index (χ2n) is 5.71. The quantitative estimate of drug-likeness (QED) is 0.787. The number of benzene rings is 1. The van der Waals surface area contributed by atoms with E-state index in [-0.39, 0.29) is 13.0 Å². The maximum atomic E-state index is 12.8. The van der Waals surface area contributed by atoms with Crippen LogP contribution < -0.4 is 15.4 Å². The zero-order valence-electron chi connectivity index (χ0n) is 12.9. The first-order chi connectivity index (χ1) is 11.7. The summed E-state index contributed by atoms with van der Waals surface area (Å²) in [5.41, 5.74) is -0.909. The van der Waals surface area contributed by atoms with Crippen molar-refractivity contribution in [1.82, 2.24) is 15.5 Å². The number of nitrogens with zero attached hydrogens (tertiary/aromatic N) is 1. The van der Waals surface area contributed by atoms with Crippen LogP contribution in [0, 0.1) is 0 Å². The summed E-state index contributed by atoms with van der Waals surface area (Å²) in [6.45, 7) is -2.14.